The molecule has 20 heavy (non-hydrogen) atoms. The van der Waals surface area contributed by atoms with E-state index in [4.69, 9.17) is 38.9 Å². The molecule has 0 unspecified atom stereocenters. The molecule has 7 heteroatoms. The summed E-state index contributed by atoms with van der Waals surface area (Å²) in [6.07, 6.45) is 0. The molecular weight excluding hydrogens is 304 g/mol. The molecule has 0 atom stereocenters. The van der Waals surface area contributed by atoms with Crippen molar-refractivity contribution in [2.75, 3.05) is 0 Å². The first-order valence-electron chi connectivity index (χ1n) is 5.47. The molecule has 0 radical (unpaired) electrons. The largest absolute Gasteiger partial charge is 0.452 e. The first-order chi connectivity index (χ1) is 9.55. The van der Waals surface area contributed by atoms with Crippen LogP contribution in [0.3, 0.4) is 0 Å². The van der Waals surface area contributed by atoms with E-state index in [2.05, 4.69) is 4.98 Å². The van der Waals surface area contributed by atoms with E-state index in [0.717, 1.165) is 0 Å². The third-order valence-electron chi connectivity index (χ3n) is 2.45. The van der Waals surface area contributed by atoms with Crippen LogP contribution in [0.4, 0.5) is 4.39 Å². The average Bonchev–Trinajstić information content (AvgIpc) is 2.43. The normalized spacial score (nSPS) is 10.2. The quantitative estimate of drug-likeness (QED) is 0.878. The molecule has 1 heterocycles. The maximum absolute atomic E-state index is 14.1. The number of ether oxygens (including phenoxy) is 1. The van der Waals surface area contributed by atoms with E-state index in [-0.39, 0.29) is 39.5 Å². The van der Waals surface area contributed by atoms with Crippen LogP contribution in [0.25, 0.3) is 0 Å². The van der Waals surface area contributed by atoms with Crippen LogP contribution in [0.2, 0.25) is 10.2 Å². The van der Waals surface area contributed by atoms with Crippen LogP contribution in [0.5, 0.6) is 11.5 Å². The van der Waals surface area contributed by atoms with Gasteiger partial charge in [0.2, 0.25) is 0 Å². The van der Waals surface area contributed by atoms with Crippen LogP contribution in [0, 0.1) is 17.1 Å². The summed E-state index contributed by atoms with van der Waals surface area (Å²) in [5.41, 5.74) is 5.74. The van der Waals surface area contributed by atoms with Crippen molar-refractivity contribution in [2.24, 2.45) is 5.73 Å². The molecular formula is C13H8Cl2FN3O. The second kappa shape index (κ2) is 6.06. The predicted octanol–water partition coefficient (Wildman–Crippen LogP) is 3.65. The van der Waals surface area contributed by atoms with Crippen molar-refractivity contribution in [3.8, 4) is 17.6 Å². The van der Waals surface area contributed by atoms with Gasteiger partial charge in [0.1, 0.15) is 22.7 Å². The number of nitriles is 1. The van der Waals surface area contributed by atoms with Gasteiger partial charge >= 0.3 is 0 Å². The second-order valence-corrected chi connectivity index (χ2v) is 4.57. The lowest BCUT2D eigenvalue weighted by Crippen LogP contribution is -2.02. The minimum atomic E-state index is -0.647. The first kappa shape index (κ1) is 14.5. The Bertz CT molecular complexity index is 701. The number of hydrogen-bond donors (Lipinski definition) is 1. The number of rotatable bonds is 3. The molecule has 102 valence electrons. The Morgan fingerprint density at radius 2 is 2.10 bits per heavy atom. The maximum Gasteiger partial charge on any atom is 0.181 e. The third kappa shape index (κ3) is 2.99. The maximum atomic E-state index is 14.1. The van der Waals surface area contributed by atoms with E-state index in [1.807, 2.05) is 6.07 Å². The van der Waals surface area contributed by atoms with Crippen LogP contribution in [-0.2, 0) is 6.54 Å². The Hall–Kier alpha value is -1.87. The third-order valence-corrected chi connectivity index (χ3v) is 2.94. The summed E-state index contributed by atoms with van der Waals surface area (Å²) < 4.78 is 19.5. The highest BCUT2D eigenvalue weighted by Gasteiger charge is 2.15. The lowest BCUT2D eigenvalue weighted by molar-refractivity contribution is 0.438. The van der Waals surface area contributed by atoms with Crippen molar-refractivity contribution in [1.82, 2.24) is 4.98 Å². The minimum Gasteiger partial charge on any atom is -0.452 e. The fourth-order valence-corrected chi connectivity index (χ4v) is 1.92. The highest BCUT2D eigenvalue weighted by atomic mass is 35.5. The topological polar surface area (TPSA) is 71.9 Å². The van der Waals surface area contributed by atoms with Crippen molar-refractivity contribution in [3.05, 3.63) is 51.5 Å². The number of nitrogens with zero attached hydrogens (tertiary/aromatic N) is 2. The SMILES string of the molecule is N#Cc1cc(Oc2c(Cl)ccc(CN)c2F)cc(Cl)n1. The number of pyridine rings is 1. The molecule has 4 nitrogen and oxygen atoms in total. The molecule has 0 aliphatic heterocycles. The van der Waals surface area contributed by atoms with E-state index in [1.165, 1.54) is 24.3 Å². The molecule has 0 aliphatic carbocycles. The van der Waals surface area contributed by atoms with Crippen LogP contribution in [0.15, 0.2) is 24.3 Å². The summed E-state index contributed by atoms with van der Waals surface area (Å²) in [7, 11) is 0. The molecule has 0 bridgehead atoms. The monoisotopic (exact) mass is 311 g/mol. The molecule has 0 fully saturated rings. The van der Waals surface area contributed by atoms with Crippen molar-refractivity contribution in [3.63, 3.8) is 0 Å². The van der Waals surface area contributed by atoms with Gasteiger partial charge in [-0.15, -0.1) is 0 Å². The van der Waals surface area contributed by atoms with Gasteiger partial charge in [-0.3, -0.25) is 0 Å². The van der Waals surface area contributed by atoms with Gasteiger partial charge in [0.15, 0.2) is 11.6 Å². The molecule has 0 amide bonds. The molecule has 0 saturated carbocycles. The van der Waals surface area contributed by atoms with Crippen LogP contribution < -0.4 is 10.5 Å². The van der Waals surface area contributed by atoms with Gasteiger partial charge in [0.05, 0.1) is 5.02 Å². The zero-order valence-electron chi connectivity index (χ0n) is 10.0. The zero-order valence-corrected chi connectivity index (χ0v) is 11.5. The van der Waals surface area contributed by atoms with Crippen molar-refractivity contribution in [1.29, 1.82) is 5.26 Å². The predicted molar refractivity (Wildman–Crippen MR) is 73.3 cm³/mol. The van der Waals surface area contributed by atoms with Crippen LogP contribution in [-0.4, -0.2) is 4.98 Å². The van der Waals surface area contributed by atoms with Gasteiger partial charge in [0.25, 0.3) is 0 Å². The van der Waals surface area contributed by atoms with Gasteiger partial charge in [-0.1, -0.05) is 29.3 Å². The fraction of sp³-hybridized carbons (Fsp3) is 0.0769. The Kier molecular flexibility index (Phi) is 4.40. The zero-order chi connectivity index (χ0) is 14.7. The summed E-state index contributed by atoms with van der Waals surface area (Å²) in [5, 5.41) is 8.95. The van der Waals surface area contributed by atoms with Crippen molar-refractivity contribution < 1.29 is 9.13 Å². The first-order valence-corrected chi connectivity index (χ1v) is 6.23. The molecule has 1 aromatic carbocycles. The van der Waals surface area contributed by atoms with Crippen LogP contribution >= 0.6 is 23.2 Å². The summed E-state index contributed by atoms with van der Waals surface area (Å²) >= 11 is 11.6. The molecule has 2 N–H and O–H groups in total. The van der Waals surface area contributed by atoms with E-state index < -0.39 is 5.82 Å². The van der Waals surface area contributed by atoms with E-state index >= 15 is 0 Å². The Morgan fingerprint density at radius 1 is 1.35 bits per heavy atom. The number of halogens is 3. The number of benzene rings is 1. The molecule has 2 rings (SSSR count). The standard InChI is InChI=1S/C13H8Cl2FN3O/c14-10-2-1-7(5-17)12(16)13(10)20-9-3-8(6-18)19-11(15)4-9/h1-4H,5,17H2. The van der Waals surface area contributed by atoms with Gasteiger partial charge in [-0.05, 0) is 6.07 Å². The highest BCUT2D eigenvalue weighted by molar-refractivity contribution is 6.32. The van der Waals surface area contributed by atoms with E-state index in [0.29, 0.717) is 0 Å². The summed E-state index contributed by atoms with van der Waals surface area (Å²) in [5.74, 6) is -0.649. The molecule has 1 aromatic heterocycles. The lowest BCUT2D eigenvalue weighted by Gasteiger charge is -2.11. The lowest BCUT2D eigenvalue weighted by atomic mass is 10.2. The smallest absolute Gasteiger partial charge is 0.181 e. The summed E-state index contributed by atoms with van der Waals surface area (Å²) in [4.78, 5) is 3.75. The van der Waals surface area contributed by atoms with Gasteiger partial charge in [-0.25, -0.2) is 9.37 Å². The average molecular weight is 312 g/mol. The number of hydrogen-bond acceptors (Lipinski definition) is 4. The Morgan fingerprint density at radius 3 is 2.75 bits per heavy atom. The Balaban J connectivity index is 2.45. The Labute approximate surface area is 124 Å². The number of aromatic nitrogens is 1. The summed E-state index contributed by atoms with van der Waals surface area (Å²) in [6, 6.07) is 7.47. The minimum absolute atomic E-state index is 0.0138. The fourth-order valence-electron chi connectivity index (χ4n) is 1.53. The van der Waals surface area contributed by atoms with Gasteiger partial charge in [0, 0.05) is 24.2 Å². The molecule has 0 saturated heterocycles. The van der Waals surface area contributed by atoms with Crippen LogP contribution in [0.1, 0.15) is 11.3 Å². The molecule has 2 aromatic rings. The number of nitrogens with two attached hydrogens (primary N) is 1. The van der Waals surface area contributed by atoms with Crippen molar-refractivity contribution in [2.45, 2.75) is 6.54 Å². The summed E-state index contributed by atoms with van der Waals surface area (Å²) in [6.45, 7) is 0.0138. The molecule has 0 aliphatic rings. The second-order valence-electron chi connectivity index (χ2n) is 3.78. The van der Waals surface area contributed by atoms with Crippen molar-refractivity contribution >= 4 is 23.2 Å². The van der Waals surface area contributed by atoms with Gasteiger partial charge in [-0.2, -0.15) is 5.26 Å². The van der Waals surface area contributed by atoms with E-state index in [9.17, 15) is 4.39 Å². The van der Waals surface area contributed by atoms with Gasteiger partial charge < -0.3 is 10.5 Å². The molecule has 0 spiro atoms. The van der Waals surface area contributed by atoms with E-state index in [1.54, 1.807) is 0 Å². The highest BCUT2D eigenvalue weighted by Crippen LogP contribution is 2.34.